The monoisotopic (exact) mass is 290 g/mol. The van der Waals surface area contributed by atoms with Gasteiger partial charge in [0.1, 0.15) is 5.15 Å². The summed E-state index contributed by atoms with van der Waals surface area (Å²) < 4.78 is 0. The molecule has 0 saturated carbocycles. The molecule has 1 rings (SSSR count). The minimum absolute atomic E-state index is 0.203. The minimum atomic E-state index is -0.543. The lowest BCUT2D eigenvalue weighted by molar-refractivity contribution is -0.404. The van der Waals surface area contributed by atoms with Gasteiger partial charge in [-0.25, -0.2) is 4.98 Å². The van der Waals surface area contributed by atoms with Gasteiger partial charge in [-0.2, -0.15) is 0 Å². The van der Waals surface area contributed by atoms with Crippen molar-refractivity contribution in [2.75, 3.05) is 7.05 Å². The molecular weight excluding hydrogens is 279 g/mol. The Bertz CT molecular complexity index is 479. The molecule has 0 bridgehead atoms. The molecule has 0 radical (unpaired) electrons. The number of nitrogens with zero attached hydrogens (tertiary/aromatic N) is 2. The average molecular weight is 291 g/mol. The Hall–Kier alpha value is -1.53. The Morgan fingerprint density at radius 3 is 2.78 bits per heavy atom. The molecule has 6 nitrogen and oxygen atoms in total. The van der Waals surface area contributed by atoms with Crippen LogP contribution >= 0.6 is 23.2 Å². The van der Waals surface area contributed by atoms with Crippen molar-refractivity contribution in [1.82, 2.24) is 15.6 Å². The van der Waals surface area contributed by atoms with E-state index < -0.39 is 4.92 Å². The molecule has 0 aromatic carbocycles. The summed E-state index contributed by atoms with van der Waals surface area (Å²) in [7, 11) is 1.59. The number of nitro groups is 1. The number of rotatable bonds is 5. The molecule has 8 heteroatoms. The largest absolute Gasteiger partial charge is 0.370 e. The number of aromatic nitrogens is 1. The molecule has 98 valence electrons. The molecule has 0 amide bonds. The van der Waals surface area contributed by atoms with E-state index in [4.69, 9.17) is 23.2 Å². The Balaban J connectivity index is 2.84. The van der Waals surface area contributed by atoms with Gasteiger partial charge >= 0.3 is 0 Å². The predicted molar refractivity (Wildman–Crippen MR) is 69.9 cm³/mol. The maximum atomic E-state index is 10.4. The molecule has 1 aromatic heterocycles. The van der Waals surface area contributed by atoms with Gasteiger partial charge in [0.05, 0.1) is 16.0 Å². The molecule has 0 saturated heterocycles. The zero-order chi connectivity index (χ0) is 13.7. The van der Waals surface area contributed by atoms with Crippen molar-refractivity contribution >= 4 is 23.2 Å². The highest BCUT2D eigenvalue weighted by Gasteiger charge is 2.11. The summed E-state index contributed by atoms with van der Waals surface area (Å²) in [6.07, 6.45) is 2.41. The summed E-state index contributed by atoms with van der Waals surface area (Å²) in [5, 5.41) is 16.6. The molecule has 1 aromatic rings. The summed E-state index contributed by atoms with van der Waals surface area (Å²) >= 11 is 11.6. The first kappa shape index (κ1) is 14.5. The lowest BCUT2D eigenvalue weighted by Gasteiger charge is -2.16. The maximum Gasteiger partial charge on any atom is 0.274 e. The predicted octanol–water partition coefficient (Wildman–Crippen LogP) is 2.33. The molecular formula is C10H12Cl2N4O2. The number of nitrogens with one attached hydrogen (secondary N) is 2. The molecule has 1 unspecified atom stereocenters. The van der Waals surface area contributed by atoms with E-state index in [2.05, 4.69) is 15.6 Å². The van der Waals surface area contributed by atoms with E-state index in [0.717, 1.165) is 11.8 Å². The molecule has 1 atom stereocenters. The number of pyridine rings is 1. The number of hydrogen-bond donors (Lipinski definition) is 2. The first-order valence-corrected chi connectivity index (χ1v) is 5.80. The molecule has 0 aliphatic carbocycles. The molecule has 0 aliphatic heterocycles. The molecule has 0 fully saturated rings. The van der Waals surface area contributed by atoms with Crippen LogP contribution in [-0.2, 0) is 0 Å². The summed E-state index contributed by atoms with van der Waals surface area (Å²) in [6.45, 7) is 1.83. The second-order valence-corrected chi connectivity index (χ2v) is 4.25. The van der Waals surface area contributed by atoms with Gasteiger partial charge in [-0.15, -0.1) is 0 Å². The van der Waals surface area contributed by atoms with Crippen LogP contribution in [-0.4, -0.2) is 17.0 Å². The second-order valence-electron chi connectivity index (χ2n) is 3.49. The fourth-order valence-electron chi connectivity index (χ4n) is 1.27. The summed E-state index contributed by atoms with van der Waals surface area (Å²) in [5.74, 6) is 0.290. The first-order valence-electron chi connectivity index (χ1n) is 5.04. The quantitative estimate of drug-likeness (QED) is 0.494. The zero-order valence-corrected chi connectivity index (χ0v) is 11.3. The highest BCUT2D eigenvalue weighted by molar-refractivity contribution is 6.41. The van der Waals surface area contributed by atoms with Crippen LogP contribution < -0.4 is 10.6 Å². The van der Waals surface area contributed by atoms with Gasteiger partial charge in [0, 0.05) is 13.2 Å². The van der Waals surface area contributed by atoms with Crippen molar-refractivity contribution in [2.24, 2.45) is 0 Å². The van der Waals surface area contributed by atoms with E-state index >= 15 is 0 Å². The normalized spacial score (nSPS) is 13.0. The van der Waals surface area contributed by atoms with Crippen LogP contribution in [0.25, 0.3) is 0 Å². The third kappa shape index (κ3) is 4.05. The van der Waals surface area contributed by atoms with Crippen LogP contribution in [0.3, 0.4) is 0 Å². The average Bonchev–Trinajstić information content (AvgIpc) is 2.31. The molecule has 2 N–H and O–H groups in total. The van der Waals surface area contributed by atoms with Crippen molar-refractivity contribution in [3.8, 4) is 0 Å². The Morgan fingerprint density at radius 2 is 2.28 bits per heavy atom. The van der Waals surface area contributed by atoms with Gasteiger partial charge in [0.2, 0.25) is 0 Å². The third-order valence-corrected chi connectivity index (χ3v) is 2.88. The number of halogens is 2. The maximum absolute atomic E-state index is 10.4. The van der Waals surface area contributed by atoms with Gasteiger partial charge in [0.25, 0.3) is 6.20 Å². The van der Waals surface area contributed by atoms with E-state index in [1.165, 1.54) is 0 Å². The van der Waals surface area contributed by atoms with Gasteiger partial charge in [-0.3, -0.25) is 10.1 Å². The SMILES string of the molecule is CNC(=C[N+](=O)[O-])NC(C)c1cnc(Cl)c(Cl)c1. The van der Waals surface area contributed by atoms with Crippen molar-refractivity contribution in [3.05, 3.63) is 50.1 Å². The third-order valence-electron chi connectivity index (χ3n) is 2.19. The molecule has 18 heavy (non-hydrogen) atoms. The van der Waals surface area contributed by atoms with Crippen molar-refractivity contribution < 1.29 is 4.92 Å². The van der Waals surface area contributed by atoms with Crippen LogP contribution in [0.2, 0.25) is 10.2 Å². The van der Waals surface area contributed by atoms with Crippen LogP contribution in [0.4, 0.5) is 0 Å². The lowest BCUT2D eigenvalue weighted by Crippen LogP contribution is -2.27. The van der Waals surface area contributed by atoms with E-state index in [0.29, 0.717) is 10.8 Å². The van der Waals surface area contributed by atoms with E-state index in [1.807, 2.05) is 6.92 Å². The topological polar surface area (TPSA) is 80.1 Å². The zero-order valence-electron chi connectivity index (χ0n) is 9.78. The fraction of sp³-hybridized carbons (Fsp3) is 0.300. The van der Waals surface area contributed by atoms with Crippen LogP contribution in [0.1, 0.15) is 18.5 Å². The second kappa shape index (κ2) is 6.42. The molecule has 1 heterocycles. The van der Waals surface area contributed by atoms with E-state index in [1.54, 1.807) is 19.3 Å². The van der Waals surface area contributed by atoms with Gasteiger partial charge < -0.3 is 10.6 Å². The highest BCUT2D eigenvalue weighted by Crippen LogP contribution is 2.23. The summed E-state index contributed by atoms with van der Waals surface area (Å²) in [4.78, 5) is 13.8. The minimum Gasteiger partial charge on any atom is -0.370 e. The van der Waals surface area contributed by atoms with Gasteiger partial charge in [0.15, 0.2) is 5.82 Å². The van der Waals surface area contributed by atoms with Gasteiger partial charge in [-0.05, 0) is 18.6 Å². The summed E-state index contributed by atoms with van der Waals surface area (Å²) in [5.41, 5.74) is 0.772. The van der Waals surface area contributed by atoms with E-state index in [-0.39, 0.29) is 11.2 Å². The summed E-state index contributed by atoms with van der Waals surface area (Å²) in [6, 6.07) is 1.46. The van der Waals surface area contributed by atoms with Crippen molar-refractivity contribution in [1.29, 1.82) is 0 Å². The Morgan fingerprint density at radius 1 is 1.61 bits per heavy atom. The van der Waals surface area contributed by atoms with Gasteiger partial charge in [-0.1, -0.05) is 23.2 Å². The smallest absolute Gasteiger partial charge is 0.274 e. The fourth-order valence-corrected chi connectivity index (χ4v) is 1.55. The first-order chi connectivity index (χ1) is 8.43. The number of hydrogen-bond acceptors (Lipinski definition) is 5. The Labute approximate surface area is 114 Å². The molecule has 0 spiro atoms. The lowest BCUT2D eigenvalue weighted by atomic mass is 10.1. The van der Waals surface area contributed by atoms with Crippen LogP contribution in [0.15, 0.2) is 24.3 Å². The van der Waals surface area contributed by atoms with E-state index in [9.17, 15) is 10.1 Å². The van der Waals surface area contributed by atoms with Crippen molar-refractivity contribution in [3.63, 3.8) is 0 Å². The standard InChI is InChI=1S/C10H12Cl2N4O2/c1-6(15-9(13-2)5-16(17)18)7-3-8(11)10(12)14-4-7/h3-6,13,15H,1-2H3. The van der Waals surface area contributed by atoms with Crippen LogP contribution in [0, 0.1) is 10.1 Å². The Kier molecular flexibility index (Phi) is 5.18. The highest BCUT2D eigenvalue weighted by atomic mass is 35.5. The van der Waals surface area contributed by atoms with Crippen molar-refractivity contribution in [2.45, 2.75) is 13.0 Å². The molecule has 0 aliphatic rings. The van der Waals surface area contributed by atoms with Crippen LogP contribution in [0.5, 0.6) is 0 Å².